The van der Waals surface area contributed by atoms with Gasteiger partial charge in [0.1, 0.15) is 0 Å². The minimum atomic E-state index is -0.238. The van der Waals surface area contributed by atoms with Crippen LogP contribution < -0.4 is 11.1 Å². The molecule has 3 rings (SSSR count). The SMILES string of the molecule is Cc1nn(-c2ccc(Cl)c(Cl)c2)c(C)c1CC(=O)NC1(CN)CCCC1.Cl. The van der Waals surface area contributed by atoms with E-state index >= 15 is 0 Å². The molecular weight excluding hydrogens is 407 g/mol. The number of amides is 1. The average Bonchev–Trinajstić information content (AvgIpc) is 3.18. The third-order valence-electron chi connectivity index (χ3n) is 5.28. The number of carbonyl (C=O) groups is 1. The Hall–Kier alpha value is -1.27. The van der Waals surface area contributed by atoms with E-state index in [1.165, 1.54) is 0 Å². The van der Waals surface area contributed by atoms with Gasteiger partial charge in [-0.25, -0.2) is 4.68 Å². The molecule has 1 aliphatic rings. The largest absolute Gasteiger partial charge is 0.349 e. The van der Waals surface area contributed by atoms with Gasteiger partial charge in [-0.3, -0.25) is 4.79 Å². The number of halogens is 3. The van der Waals surface area contributed by atoms with Crippen molar-refractivity contribution in [2.45, 2.75) is 51.5 Å². The molecule has 1 aliphatic carbocycles. The summed E-state index contributed by atoms with van der Waals surface area (Å²) >= 11 is 12.1. The first kappa shape index (κ1) is 22.0. The topological polar surface area (TPSA) is 72.9 Å². The highest BCUT2D eigenvalue weighted by Crippen LogP contribution is 2.29. The Kier molecular flexibility index (Phi) is 7.20. The van der Waals surface area contributed by atoms with Gasteiger partial charge in [-0.15, -0.1) is 12.4 Å². The number of hydrogen-bond donors (Lipinski definition) is 2. The molecule has 8 heteroatoms. The summed E-state index contributed by atoms with van der Waals surface area (Å²) in [6.07, 6.45) is 4.43. The van der Waals surface area contributed by atoms with Gasteiger partial charge < -0.3 is 11.1 Å². The summed E-state index contributed by atoms with van der Waals surface area (Å²) in [5.41, 5.74) is 9.19. The maximum absolute atomic E-state index is 12.6. The van der Waals surface area contributed by atoms with Crippen LogP contribution >= 0.6 is 35.6 Å². The Morgan fingerprint density at radius 2 is 1.93 bits per heavy atom. The molecule has 0 radical (unpaired) electrons. The molecule has 0 atom stereocenters. The number of hydrogen-bond acceptors (Lipinski definition) is 3. The monoisotopic (exact) mass is 430 g/mol. The second-order valence-electron chi connectivity index (χ2n) is 7.08. The molecule has 27 heavy (non-hydrogen) atoms. The predicted molar refractivity (Wildman–Crippen MR) is 112 cm³/mol. The van der Waals surface area contributed by atoms with Crippen LogP contribution in [0.15, 0.2) is 18.2 Å². The van der Waals surface area contributed by atoms with Crippen LogP contribution in [0, 0.1) is 13.8 Å². The molecule has 1 aromatic carbocycles. The fraction of sp³-hybridized carbons (Fsp3) is 0.474. The highest BCUT2D eigenvalue weighted by molar-refractivity contribution is 6.42. The average molecular weight is 432 g/mol. The lowest BCUT2D eigenvalue weighted by molar-refractivity contribution is -0.122. The van der Waals surface area contributed by atoms with Crippen LogP contribution in [-0.4, -0.2) is 27.8 Å². The molecule has 1 aromatic heterocycles. The van der Waals surface area contributed by atoms with Crippen LogP contribution in [0.3, 0.4) is 0 Å². The number of nitrogens with two attached hydrogens (primary N) is 1. The smallest absolute Gasteiger partial charge is 0.225 e. The molecule has 0 saturated heterocycles. The molecule has 1 amide bonds. The molecule has 0 spiro atoms. The molecule has 148 valence electrons. The maximum Gasteiger partial charge on any atom is 0.225 e. The van der Waals surface area contributed by atoms with E-state index < -0.39 is 0 Å². The maximum atomic E-state index is 12.6. The van der Waals surface area contributed by atoms with E-state index in [4.69, 9.17) is 28.9 Å². The van der Waals surface area contributed by atoms with E-state index in [1.54, 1.807) is 16.8 Å². The molecular formula is C19H25Cl3N4O. The van der Waals surface area contributed by atoms with E-state index in [0.29, 0.717) is 23.0 Å². The van der Waals surface area contributed by atoms with Crippen LogP contribution in [-0.2, 0) is 11.2 Å². The summed E-state index contributed by atoms with van der Waals surface area (Å²) < 4.78 is 1.80. The first-order valence-corrected chi connectivity index (χ1v) is 9.62. The third-order valence-corrected chi connectivity index (χ3v) is 6.02. The van der Waals surface area contributed by atoms with Crippen LogP contribution in [0.5, 0.6) is 0 Å². The van der Waals surface area contributed by atoms with E-state index in [-0.39, 0.29) is 23.9 Å². The molecule has 1 fully saturated rings. The van der Waals surface area contributed by atoms with Gasteiger partial charge in [0, 0.05) is 17.8 Å². The predicted octanol–water partition coefficient (Wildman–Crippen LogP) is 4.15. The second kappa shape index (κ2) is 8.82. The second-order valence-corrected chi connectivity index (χ2v) is 7.89. The van der Waals surface area contributed by atoms with Gasteiger partial charge in [0.05, 0.1) is 33.4 Å². The Labute approximate surface area is 176 Å². The Morgan fingerprint density at radius 1 is 1.26 bits per heavy atom. The van der Waals surface area contributed by atoms with Crippen LogP contribution in [0.4, 0.5) is 0 Å². The van der Waals surface area contributed by atoms with Crippen molar-refractivity contribution in [3.63, 3.8) is 0 Å². The van der Waals surface area contributed by atoms with Crippen molar-refractivity contribution >= 4 is 41.5 Å². The molecule has 0 aliphatic heterocycles. The van der Waals surface area contributed by atoms with Gasteiger partial charge >= 0.3 is 0 Å². The number of aromatic nitrogens is 2. The lowest BCUT2D eigenvalue weighted by Crippen LogP contribution is -2.52. The van der Waals surface area contributed by atoms with E-state index in [0.717, 1.165) is 48.3 Å². The molecule has 3 N–H and O–H groups in total. The van der Waals surface area contributed by atoms with Gasteiger partial charge in [-0.2, -0.15) is 5.10 Å². The standard InChI is InChI=1S/C19H24Cl2N4O.ClH/c1-12-15(10-18(26)23-19(11-22)7-3-4-8-19)13(2)25(24-12)14-5-6-16(20)17(21)9-14;/h5-6,9H,3-4,7-8,10-11,22H2,1-2H3,(H,23,26);1H. The van der Waals surface area contributed by atoms with Crippen LogP contribution in [0.1, 0.15) is 42.6 Å². The van der Waals surface area contributed by atoms with Gasteiger partial charge in [0.2, 0.25) is 5.91 Å². The summed E-state index contributed by atoms with van der Waals surface area (Å²) in [6, 6.07) is 5.38. The number of nitrogens with zero attached hydrogens (tertiary/aromatic N) is 2. The van der Waals surface area contributed by atoms with E-state index in [1.807, 2.05) is 19.9 Å². The fourth-order valence-corrected chi connectivity index (χ4v) is 4.02. The minimum absolute atomic E-state index is 0. The van der Waals surface area contributed by atoms with Gasteiger partial charge in [0.15, 0.2) is 0 Å². The van der Waals surface area contributed by atoms with Gasteiger partial charge in [0.25, 0.3) is 0 Å². The van der Waals surface area contributed by atoms with Crippen molar-refractivity contribution in [1.29, 1.82) is 0 Å². The van der Waals surface area contributed by atoms with Crippen molar-refractivity contribution in [2.75, 3.05) is 6.54 Å². The van der Waals surface area contributed by atoms with Crippen LogP contribution in [0.25, 0.3) is 5.69 Å². The van der Waals surface area contributed by atoms with Gasteiger partial charge in [-0.05, 0) is 44.9 Å². The summed E-state index contributed by atoms with van der Waals surface area (Å²) in [5, 5.41) is 8.73. The third kappa shape index (κ3) is 4.60. The highest BCUT2D eigenvalue weighted by atomic mass is 35.5. The Morgan fingerprint density at radius 3 is 2.52 bits per heavy atom. The first-order valence-electron chi connectivity index (χ1n) is 8.87. The molecule has 5 nitrogen and oxygen atoms in total. The Balaban J connectivity index is 0.00000261. The van der Waals surface area contributed by atoms with Gasteiger partial charge in [-0.1, -0.05) is 36.0 Å². The summed E-state index contributed by atoms with van der Waals surface area (Å²) in [6.45, 7) is 4.36. The molecule has 1 saturated carbocycles. The van der Waals surface area contributed by atoms with Crippen molar-refractivity contribution in [2.24, 2.45) is 5.73 Å². The summed E-state index contributed by atoms with van der Waals surface area (Å²) in [5.74, 6) is -0.00256. The first-order chi connectivity index (χ1) is 12.3. The number of benzene rings is 1. The summed E-state index contributed by atoms with van der Waals surface area (Å²) in [7, 11) is 0. The lowest BCUT2D eigenvalue weighted by atomic mass is 9.97. The van der Waals surface area contributed by atoms with Crippen molar-refractivity contribution in [3.8, 4) is 5.69 Å². The number of rotatable bonds is 5. The number of aryl methyl sites for hydroxylation is 1. The van der Waals surface area contributed by atoms with E-state index in [2.05, 4.69) is 10.4 Å². The molecule has 0 bridgehead atoms. The Bertz CT molecular complexity index is 829. The van der Waals surface area contributed by atoms with Crippen molar-refractivity contribution in [3.05, 3.63) is 45.2 Å². The fourth-order valence-electron chi connectivity index (χ4n) is 3.73. The highest BCUT2D eigenvalue weighted by Gasteiger charge is 2.34. The lowest BCUT2D eigenvalue weighted by Gasteiger charge is -2.28. The molecule has 2 aromatic rings. The number of carbonyl (C=O) groups excluding carboxylic acids is 1. The normalized spacial score (nSPS) is 15.4. The van der Waals surface area contributed by atoms with Crippen molar-refractivity contribution < 1.29 is 4.79 Å². The quantitative estimate of drug-likeness (QED) is 0.747. The molecule has 0 unspecified atom stereocenters. The van der Waals surface area contributed by atoms with E-state index in [9.17, 15) is 4.79 Å². The summed E-state index contributed by atoms with van der Waals surface area (Å²) in [4.78, 5) is 12.6. The zero-order chi connectivity index (χ0) is 18.9. The molecule has 1 heterocycles. The zero-order valence-electron chi connectivity index (χ0n) is 15.5. The van der Waals surface area contributed by atoms with Crippen molar-refractivity contribution in [1.82, 2.24) is 15.1 Å². The number of nitrogens with one attached hydrogen (secondary N) is 1. The van der Waals surface area contributed by atoms with Crippen LogP contribution in [0.2, 0.25) is 10.0 Å². The zero-order valence-corrected chi connectivity index (χ0v) is 17.8. The minimum Gasteiger partial charge on any atom is -0.349 e.